The summed E-state index contributed by atoms with van der Waals surface area (Å²) in [5, 5.41) is 3.07. The number of halogens is 1. The Labute approximate surface area is 131 Å². The molecule has 1 fully saturated rings. The maximum absolute atomic E-state index is 11.9. The summed E-state index contributed by atoms with van der Waals surface area (Å²) in [6, 6.07) is 4.04. The highest BCUT2D eigenvalue weighted by Crippen LogP contribution is 2.23. The third-order valence-corrected chi connectivity index (χ3v) is 4.61. The first-order valence-corrected chi connectivity index (χ1v) is 8.15. The topological polar surface area (TPSA) is 42.0 Å². The average Bonchev–Trinajstić information content (AvgIpc) is 2.49. The second-order valence-corrected chi connectivity index (χ2v) is 6.18. The van der Waals surface area contributed by atoms with Gasteiger partial charge in [-0.2, -0.15) is 0 Å². The Kier molecular flexibility index (Phi) is 8.70. The molecular weight excluding hydrogens is 292 g/mol. The molecule has 1 heterocycles. The Morgan fingerprint density at radius 3 is 2.65 bits per heavy atom. The van der Waals surface area contributed by atoms with E-state index in [-0.39, 0.29) is 24.2 Å². The first-order valence-electron chi connectivity index (χ1n) is 7.17. The van der Waals surface area contributed by atoms with Crippen LogP contribution in [0.15, 0.2) is 29.4 Å². The van der Waals surface area contributed by atoms with Crippen LogP contribution in [0, 0.1) is 5.92 Å². The zero-order chi connectivity index (χ0) is 13.3. The van der Waals surface area contributed by atoms with Crippen LogP contribution in [0.5, 0.6) is 0 Å². The summed E-state index contributed by atoms with van der Waals surface area (Å²) in [6.07, 6.45) is 10.5. The van der Waals surface area contributed by atoms with Crippen molar-refractivity contribution in [2.75, 3.05) is 12.3 Å². The first kappa shape index (κ1) is 17.3. The van der Waals surface area contributed by atoms with Gasteiger partial charge in [-0.05, 0) is 37.1 Å². The molecule has 1 aromatic heterocycles. The van der Waals surface area contributed by atoms with E-state index in [0.29, 0.717) is 0 Å². The Morgan fingerprint density at radius 1 is 1.25 bits per heavy atom. The molecule has 0 unspecified atom stereocenters. The van der Waals surface area contributed by atoms with Crippen LogP contribution in [-0.2, 0) is 4.79 Å². The van der Waals surface area contributed by atoms with Gasteiger partial charge in [-0.3, -0.25) is 9.78 Å². The maximum atomic E-state index is 11.9. The molecule has 1 aliphatic rings. The number of thioether (sulfide) groups is 1. The maximum Gasteiger partial charge on any atom is 0.223 e. The number of nitrogens with one attached hydrogen (secondary N) is 1. The van der Waals surface area contributed by atoms with Gasteiger partial charge in [0.05, 0.1) is 0 Å². The molecular formula is C15H23ClN2OS. The molecule has 1 aliphatic carbocycles. The van der Waals surface area contributed by atoms with Crippen molar-refractivity contribution in [1.29, 1.82) is 0 Å². The Bertz CT molecular complexity index is 383. The molecule has 0 spiro atoms. The highest BCUT2D eigenvalue weighted by molar-refractivity contribution is 7.99. The first-order chi connectivity index (χ1) is 9.36. The summed E-state index contributed by atoms with van der Waals surface area (Å²) in [4.78, 5) is 17.1. The Hall–Kier alpha value is -0.740. The second kappa shape index (κ2) is 10.1. The van der Waals surface area contributed by atoms with Gasteiger partial charge in [0.15, 0.2) is 0 Å². The predicted octanol–water partition coefficient (Wildman–Crippen LogP) is 3.68. The van der Waals surface area contributed by atoms with E-state index in [1.165, 1.54) is 24.2 Å². The molecule has 20 heavy (non-hydrogen) atoms. The summed E-state index contributed by atoms with van der Waals surface area (Å²) >= 11 is 1.82. The van der Waals surface area contributed by atoms with Crippen molar-refractivity contribution < 1.29 is 4.79 Å². The molecule has 1 N–H and O–H groups in total. The van der Waals surface area contributed by atoms with Crippen LogP contribution in [-0.4, -0.2) is 23.2 Å². The fraction of sp³-hybridized carbons (Fsp3) is 0.600. The number of carbonyl (C=O) groups excluding carboxylic acids is 1. The minimum Gasteiger partial charge on any atom is -0.356 e. The van der Waals surface area contributed by atoms with Gasteiger partial charge in [0.1, 0.15) is 0 Å². The summed E-state index contributed by atoms with van der Waals surface area (Å²) in [5.41, 5.74) is 0. The Morgan fingerprint density at radius 2 is 1.95 bits per heavy atom. The van der Waals surface area contributed by atoms with Gasteiger partial charge in [-0.1, -0.05) is 19.3 Å². The third kappa shape index (κ3) is 6.14. The molecule has 3 nitrogen and oxygen atoms in total. The largest absolute Gasteiger partial charge is 0.356 e. The minimum absolute atomic E-state index is 0. The van der Waals surface area contributed by atoms with E-state index in [4.69, 9.17) is 0 Å². The van der Waals surface area contributed by atoms with Gasteiger partial charge < -0.3 is 5.32 Å². The number of hydrogen-bond acceptors (Lipinski definition) is 3. The highest BCUT2D eigenvalue weighted by atomic mass is 35.5. The monoisotopic (exact) mass is 314 g/mol. The predicted molar refractivity (Wildman–Crippen MR) is 86.4 cm³/mol. The van der Waals surface area contributed by atoms with Gasteiger partial charge in [-0.25, -0.2) is 0 Å². The van der Waals surface area contributed by atoms with E-state index in [1.54, 1.807) is 0 Å². The van der Waals surface area contributed by atoms with Crippen LogP contribution < -0.4 is 5.32 Å². The zero-order valence-corrected chi connectivity index (χ0v) is 13.3. The van der Waals surface area contributed by atoms with Crippen LogP contribution in [0.1, 0.15) is 38.5 Å². The van der Waals surface area contributed by atoms with Crippen LogP contribution in [0.25, 0.3) is 0 Å². The van der Waals surface area contributed by atoms with Gasteiger partial charge >= 0.3 is 0 Å². The normalized spacial score (nSPS) is 15.4. The number of nitrogens with zero attached hydrogens (tertiary/aromatic N) is 1. The lowest BCUT2D eigenvalue weighted by Gasteiger charge is -2.20. The molecule has 1 saturated carbocycles. The standard InChI is InChI=1S/C15H22N2OS.ClH/c18-15(13-5-2-1-3-6-13)17-9-4-12-19-14-7-10-16-11-8-14;/h7-8,10-11,13H,1-6,9,12H2,(H,17,18);1H. The van der Waals surface area contributed by atoms with Crippen molar-refractivity contribution in [3.63, 3.8) is 0 Å². The van der Waals surface area contributed by atoms with Gasteiger partial charge in [-0.15, -0.1) is 24.2 Å². The van der Waals surface area contributed by atoms with E-state index < -0.39 is 0 Å². The van der Waals surface area contributed by atoms with E-state index in [2.05, 4.69) is 10.3 Å². The van der Waals surface area contributed by atoms with Crippen LogP contribution >= 0.6 is 24.2 Å². The van der Waals surface area contributed by atoms with Crippen molar-refractivity contribution in [2.24, 2.45) is 5.92 Å². The number of amides is 1. The van der Waals surface area contributed by atoms with Crippen molar-refractivity contribution in [3.05, 3.63) is 24.5 Å². The smallest absolute Gasteiger partial charge is 0.223 e. The lowest BCUT2D eigenvalue weighted by molar-refractivity contribution is -0.125. The quantitative estimate of drug-likeness (QED) is 0.643. The van der Waals surface area contributed by atoms with Gasteiger partial charge in [0, 0.05) is 29.8 Å². The van der Waals surface area contributed by atoms with E-state index in [1.807, 2.05) is 36.3 Å². The number of pyridine rings is 1. The summed E-state index contributed by atoms with van der Waals surface area (Å²) in [7, 11) is 0. The van der Waals surface area contributed by atoms with Crippen molar-refractivity contribution in [2.45, 2.75) is 43.4 Å². The van der Waals surface area contributed by atoms with Crippen LogP contribution in [0.4, 0.5) is 0 Å². The van der Waals surface area contributed by atoms with Gasteiger partial charge in [0.2, 0.25) is 5.91 Å². The molecule has 0 bridgehead atoms. The molecule has 0 atom stereocenters. The van der Waals surface area contributed by atoms with E-state index in [0.717, 1.165) is 31.6 Å². The molecule has 0 saturated heterocycles. The summed E-state index contributed by atoms with van der Waals surface area (Å²) in [5.74, 6) is 1.59. The SMILES string of the molecule is Cl.O=C(NCCCSc1ccncc1)C1CCCCC1. The summed E-state index contributed by atoms with van der Waals surface area (Å²) < 4.78 is 0. The lowest BCUT2D eigenvalue weighted by atomic mass is 9.89. The van der Waals surface area contributed by atoms with Gasteiger partial charge in [0.25, 0.3) is 0 Å². The molecule has 5 heteroatoms. The fourth-order valence-corrected chi connectivity index (χ4v) is 3.26. The number of rotatable bonds is 6. The number of hydrogen-bond donors (Lipinski definition) is 1. The van der Waals surface area contributed by atoms with Crippen LogP contribution in [0.2, 0.25) is 0 Å². The molecule has 2 rings (SSSR count). The molecule has 0 aliphatic heterocycles. The van der Waals surface area contributed by atoms with E-state index in [9.17, 15) is 4.79 Å². The molecule has 0 aromatic carbocycles. The fourth-order valence-electron chi connectivity index (χ4n) is 2.42. The lowest BCUT2D eigenvalue weighted by Crippen LogP contribution is -2.32. The Balaban J connectivity index is 0.00000200. The van der Waals surface area contributed by atoms with Crippen molar-refractivity contribution in [1.82, 2.24) is 10.3 Å². The minimum atomic E-state index is 0. The molecule has 112 valence electrons. The van der Waals surface area contributed by atoms with Crippen molar-refractivity contribution in [3.8, 4) is 0 Å². The average molecular weight is 315 g/mol. The zero-order valence-electron chi connectivity index (χ0n) is 11.7. The number of aromatic nitrogens is 1. The second-order valence-electron chi connectivity index (χ2n) is 5.01. The van der Waals surface area contributed by atoms with E-state index >= 15 is 0 Å². The number of carbonyl (C=O) groups is 1. The van der Waals surface area contributed by atoms with Crippen molar-refractivity contribution >= 4 is 30.1 Å². The van der Waals surface area contributed by atoms with Crippen LogP contribution in [0.3, 0.4) is 0 Å². The molecule has 1 aromatic rings. The highest BCUT2D eigenvalue weighted by Gasteiger charge is 2.20. The molecule has 0 radical (unpaired) electrons. The summed E-state index contributed by atoms with van der Waals surface area (Å²) in [6.45, 7) is 0.799. The third-order valence-electron chi connectivity index (χ3n) is 3.51. The molecule has 1 amide bonds.